The zero-order chi connectivity index (χ0) is 13.5. The molecule has 0 bridgehead atoms. The summed E-state index contributed by atoms with van der Waals surface area (Å²) in [5.41, 5.74) is 0. The van der Waals surface area contributed by atoms with E-state index in [1.165, 1.54) is 77.0 Å². The average Bonchev–Trinajstić information content (AvgIpc) is 2.37. The van der Waals surface area contributed by atoms with Crippen LogP contribution in [-0.4, -0.2) is 11.2 Å². The smallest absolute Gasteiger partial charge is 0.0540 e. The van der Waals surface area contributed by atoms with Crippen molar-refractivity contribution in [3.63, 3.8) is 0 Å². The van der Waals surface area contributed by atoms with E-state index < -0.39 is 0 Å². The Bertz CT molecular complexity index is 145. The summed E-state index contributed by atoms with van der Waals surface area (Å²) >= 11 is 0. The van der Waals surface area contributed by atoms with Crippen LogP contribution >= 0.6 is 0 Å². The first kappa shape index (κ1) is 18.0. The fourth-order valence-corrected chi connectivity index (χ4v) is 2.46. The molecule has 18 heavy (non-hydrogen) atoms. The minimum absolute atomic E-state index is 0.0257. The van der Waals surface area contributed by atoms with Crippen molar-refractivity contribution < 1.29 is 5.11 Å². The zero-order valence-electron chi connectivity index (χ0n) is 12.9. The highest BCUT2D eigenvalue weighted by Crippen LogP contribution is 2.13. The summed E-state index contributed by atoms with van der Waals surface area (Å²) in [5.74, 6) is 0. The second kappa shape index (κ2) is 15.0. The predicted molar refractivity (Wildman–Crippen MR) is 82.0 cm³/mol. The monoisotopic (exact) mass is 256 g/mol. The summed E-state index contributed by atoms with van der Waals surface area (Å²) in [5, 5.41) is 9.85. The van der Waals surface area contributed by atoms with Gasteiger partial charge in [-0.05, 0) is 12.8 Å². The Labute approximate surface area is 115 Å². The topological polar surface area (TPSA) is 20.2 Å². The van der Waals surface area contributed by atoms with Crippen molar-refractivity contribution in [3.8, 4) is 0 Å². The van der Waals surface area contributed by atoms with Crippen LogP contribution < -0.4 is 0 Å². The third-order valence-electron chi connectivity index (χ3n) is 3.78. The molecule has 0 aliphatic carbocycles. The molecule has 0 radical (unpaired) electrons. The second-order valence-corrected chi connectivity index (χ2v) is 5.77. The first-order valence-corrected chi connectivity index (χ1v) is 8.49. The number of aliphatic hydroxyl groups excluding tert-OH is 1. The quantitative estimate of drug-likeness (QED) is 0.387. The fourth-order valence-electron chi connectivity index (χ4n) is 2.46. The Balaban J connectivity index is 3.09. The first-order valence-electron chi connectivity index (χ1n) is 8.49. The molecule has 0 saturated heterocycles. The molecular weight excluding hydrogens is 220 g/mol. The minimum Gasteiger partial charge on any atom is -0.393 e. The first-order chi connectivity index (χ1) is 8.81. The van der Waals surface area contributed by atoms with Gasteiger partial charge in [0.05, 0.1) is 6.10 Å². The lowest BCUT2D eigenvalue weighted by Crippen LogP contribution is -2.05. The van der Waals surface area contributed by atoms with Gasteiger partial charge in [-0.3, -0.25) is 0 Å². The molecule has 0 aromatic carbocycles. The third-order valence-corrected chi connectivity index (χ3v) is 3.78. The molecule has 0 saturated carbocycles. The summed E-state index contributed by atoms with van der Waals surface area (Å²) in [6.45, 7) is 4.51. The van der Waals surface area contributed by atoms with Gasteiger partial charge in [0.2, 0.25) is 0 Å². The lowest BCUT2D eigenvalue weighted by molar-refractivity contribution is 0.147. The van der Waals surface area contributed by atoms with Crippen LogP contribution in [0.2, 0.25) is 0 Å². The molecule has 0 rings (SSSR count). The van der Waals surface area contributed by atoms with E-state index in [0.717, 1.165) is 12.8 Å². The van der Waals surface area contributed by atoms with Gasteiger partial charge < -0.3 is 5.11 Å². The summed E-state index contributed by atoms with van der Waals surface area (Å²) in [7, 11) is 0. The third kappa shape index (κ3) is 14.0. The molecule has 0 aliphatic rings. The molecule has 0 aromatic heterocycles. The van der Waals surface area contributed by atoms with Crippen molar-refractivity contribution in [2.45, 2.75) is 110 Å². The molecule has 0 heterocycles. The van der Waals surface area contributed by atoms with Crippen LogP contribution in [0.4, 0.5) is 0 Å². The summed E-state index contributed by atoms with van der Waals surface area (Å²) < 4.78 is 0. The van der Waals surface area contributed by atoms with Crippen LogP contribution in [-0.2, 0) is 0 Å². The van der Waals surface area contributed by atoms with E-state index in [1.54, 1.807) is 0 Å². The van der Waals surface area contributed by atoms with E-state index in [-0.39, 0.29) is 6.10 Å². The van der Waals surface area contributed by atoms with Gasteiger partial charge in [-0.25, -0.2) is 0 Å². The van der Waals surface area contributed by atoms with Gasteiger partial charge >= 0.3 is 0 Å². The number of hydrogen-bond donors (Lipinski definition) is 1. The zero-order valence-corrected chi connectivity index (χ0v) is 12.9. The molecule has 0 aliphatic heterocycles. The van der Waals surface area contributed by atoms with Gasteiger partial charge in [-0.2, -0.15) is 0 Å². The van der Waals surface area contributed by atoms with Crippen molar-refractivity contribution in [2.75, 3.05) is 0 Å². The van der Waals surface area contributed by atoms with Crippen LogP contribution in [0.1, 0.15) is 104 Å². The van der Waals surface area contributed by atoms with Crippen molar-refractivity contribution in [1.29, 1.82) is 0 Å². The molecule has 1 N–H and O–H groups in total. The predicted octanol–water partition coefficient (Wildman–Crippen LogP) is 5.85. The second-order valence-electron chi connectivity index (χ2n) is 5.77. The average molecular weight is 256 g/mol. The highest BCUT2D eigenvalue weighted by atomic mass is 16.3. The van der Waals surface area contributed by atoms with Crippen molar-refractivity contribution in [2.24, 2.45) is 0 Å². The lowest BCUT2D eigenvalue weighted by atomic mass is 10.0. The Hall–Kier alpha value is -0.0400. The van der Waals surface area contributed by atoms with E-state index in [4.69, 9.17) is 0 Å². The Morgan fingerprint density at radius 3 is 1.28 bits per heavy atom. The van der Waals surface area contributed by atoms with Crippen LogP contribution in [0.15, 0.2) is 0 Å². The van der Waals surface area contributed by atoms with Crippen LogP contribution in [0, 0.1) is 0 Å². The molecule has 110 valence electrons. The Morgan fingerprint density at radius 1 is 0.556 bits per heavy atom. The molecule has 0 spiro atoms. The molecule has 1 atom stereocenters. The number of unbranched alkanes of at least 4 members (excludes halogenated alkanes) is 10. The minimum atomic E-state index is -0.0257. The van der Waals surface area contributed by atoms with E-state index in [9.17, 15) is 5.11 Å². The van der Waals surface area contributed by atoms with Gasteiger partial charge in [0, 0.05) is 0 Å². The normalized spacial score (nSPS) is 12.8. The number of hydrogen-bond acceptors (Lipinski definition) is 1. The van der Waals surface area contributed by atoms with Crippen LogP contribution in [0.25, 0.3) is 0 Å². The van der Waals surface area contributed by atoms with E-state index in [2.05, 4.69) is 13.8 Å². The summed E-state index contributed by atoms with van der Waals surface area (Å²) in [6.07, 6.45) is 18.0. The number of aliphatic hydroxyl groups is 1. The molecule has 1 nitrogen and oxygen atoms in total. The summed E-state index contributed by atoms with van der Waals surface area (Å²) in [4.78, 5) is 0. The largest absolute Gasteiger partial charge is 0.393 e. The maximum absolute atomic E-state index is 9.85. The number of rotatable bonds is 14. The molecule has 0 unspecified atom stereocenters. The van der Waals surface area contributed by atoms with Gasteiger partial charge in [-0.15, -0.1) is 0 Å². The Kier molecular flexibility index (Phi) is 15.0. The van der Waals surface area contributed by atoms with Crippen LogP contribution in [0.3, 0.4) is 0 Å². The fraction of sp³-hybridized carbons (Fsp3) is 1.00. The van der Waals surface area contributed by atoms with Gasteiger partial charge in [0.25, 0.3) is 0 Å². The maximum atomic E-state index is 9.85. The lowest BCUT2D eigenvalue weighted by Gasteiger charge is -2.10. The van der Waals surface area contributed by atoms with E-state index in [0.29, 0.717) is 0 Å². The van der Waals surface area contributed by atoms with Crippen molar-refractivity contribution in [1.82, 2.24) is 0 Å². The highest BCUT2D eigenvalue weighted by Gasteiger charge is 2.03. The maximum Gasteiger partial charge on any atom is 0.0540 e. The van der Waals surface area contributed by atoms with E-state index >= 15 is 0 Å². The van der Waals surface area contributed by atoms with Crippen molar-refractivity contribution in [3.05, 3.63) is 0 Å². The van der Waals surface area contributed by atoms with Crippen molar-refractivity contribution >= 4 is 0 Å². The van der Waals surface area contributed by atoms with E-state index in [1.807, 2.05) is 0 Å². The SMILES string of the molecule is CCCCCCCCC[C@@H](O)CCCCCCC. The molecule has 1 heteroatoms. The van der Waals surface area contributed by atoms with Crippen LogP contribution in [0.5, 0.6) is 0 Å². The molecule has 0 amide bonds. The summed E-state index contributed by atoms with van der Waals surface area (Å²) in [6, 6.07) is 0. The Morgan fingerprint density at radius 2 is 0.889 bits per heavy atom. The standard InChI is InChI=1S/C17H36O/c1-3-5-7-9-10-12-14-16-17(18)15-13-11-8-6-4-2/h17-18H,3-16H2,1-2H3/t17-/m0/s1. The molecular formula is C17H36O. The highest BCUT2D eigenvalue weighted by molar-refractivity contribution is 4.57. The van der Waals surface area contributed by atoms with Gasteiger partial charge in [-0.1, -0.05) is 90.9 Å². The van der Waals surface area contributed by atoms with Gasteiger partial charge in [0.1, 0.15) is 0 Å². The molecule has 0 aromatic rings. The molecule has 0 fully saturated rings. The van der Waals surface area contributed by atoms with Gasteiger partial charge in [0.15, 0.2) is 0 Å².